The lowest BCUT2D eigenvalue weighted by Gasteiger charge is -2.17. The highest BCUT2D eigenvalue weighted by Crippen LogP contribution is 2.22. The van der Waals surface area contributed by atoms with Gasteiger partial charge in [0.05, 0.1) is 0 Å². The van der Waals surface area contributed by atoms with Crippen LogP contribution in [0.15, 0.2) is 42.5 Å². The number of aliphatic carboxylic acids is 1. The molecule has 0 heterocycles. The van der Waals surface area contributed by atoms with Gasteiger partial charge >= 0.3 is 5.97 Å². The van der Waals surface area contributed by atoms with E-state index < -0.39 is 12.1 Å². The molecule has 0 aliphatic rings. The third-order valence-corrected chi connectivity index (χ3v) is 3.74. The summed E-state index contributed by atoms with van der Waals surface area (Å²) in [6.07, 6.45) is -0.667. The van der Waals surface area contributed by atoms with Crippen LogP contribution in [-0.2, 0) is 11.2 Å². The van der Waals surface area contributed by atoms with Crippen molar-refractivity contribution in [3.8, 4) is 5.75 Å². The number of carbonyl (C=O) groups is 1. The average molecular weight is 305 g/mol. The Morgan fingerprint density at radius 1 is 1.24 bits per heavy atom. The van der Waals surface area contributed by atoms with Gasteiger partial charge in [0.2, 0.25) is 0 Å². The number of halogens is 1. The Morgan fingerprint density at radius 2 is 1.95 bits per heavy atom. The van der Waals surface area contributed by atoms with Crippen molar-refractivity contribution in [2.75, 3.05) is 0 Å². The maximum absolute atomic E-state index is 11.4. The molecule has 0 bridgehead atoms. The van der Waals surface area contributed by atoms with Crippen LogP contribution >= 0.6 is 11.6 Å². The number of aryl methyl sites for hydroxylation is 1. The molecule has 0 aliphatic heterocycles. The first-order valence-corrected chi connectivity index (χ1v) is 7.05. The van der Waals surface area contributed by atoms with Gasteiger partial charge in [-0.05, 0) is 48.7 Å². The zero-order valence-corrected chi connectivity index (χ0v) is 12.7. The summed E-state index contributed by atoms with van der Waals surface area (Å²) in [5, 5.41) is 10.00. The standard InChI is InChI=1S/C17H17ClO3/c1-11-5-3-7-14(9-11)21-16(17(19)20)10-13-6-4-8-15(18)12(13)2/h3-9,16H,10H2,1-2H3,(H,19,20)/t16-/m1/s1. The molecular weight excluding hydrogens is 288 g/mol. The summed E-state index contributed by atoms with van der Waals surface area (Å²) in [5.41, 5.74) is 2.79. The predicted molar refractivity (Wildman–Crippen MR) is 83.1 cm³/mol. The molecule has 2 aromatic carbocycles. The van der Waals surface area contributed by atoms with E-state index >= 15 is 0 Å². The van der Waals surface area contributed by atoms with Gasteiger partial charge in [-0.15, -0.1) is 0 Å². The van der Waals surface area contributed by atoms with Gasteiger partial charge < -0.3 is 9.84 Å². The molecule has 2 aromatic rings. The minimum absolute atomic E-state index is 0.273. The van der Waals surface area contributed by atoms with Gasteiger partial charge in [-0.3, -0.25) is 0 Å². The summed E-state index contributed by atoms with van der Waals surface area (Å²) in [7, 11) is 0. The smallest absolute Gasteiger partial charge is 0.345 e. The van der Waals surface area contributed by atoms with Crippen molar-refractivity contribution in [2.45, 2.75) is 26.4 Å². The number of carboxylic acid groups (broad SMARTS) is 1. The molecule has 0 aliphatic carbocycles. The summed E-state index contributed by atoms with van der Waals surface area (Å²) >= 11 is 6.07. The molecule has 1 N–H and O–H groups in total. The Hall–Kier alpha value is -2.00. The summed E-state index contributed by atoms with van der Waals surface area (Å²) in [4.78, 5) is 11.4. The van der Waals surface area contributed by atoms with Gasteiger partial charge in [0.15, 0.2) is 6.10 Å². The number of carboxylic acids is 1. The number of hydrogen-bond donors (Lipinski definition) is 1. The molecule has 0 saturated carbocycles. The van der Waals surface area contributed by atoms with Crippen molar-refractivity contribution in [3.05, 3.63) is 64.2 Å². The third kappa shape index (κ3) is 3.99. The SMILES string of the molecule is Cc1cccc(O[C@H](Cc2cccc(Cl)c2C)C(=O)O)c1. The monoisotopic (exact) mass is 304 g/mol. The first kappa shape index (κ1) is 15.4. The number of hydrogen-bond acceptors (Lipinski definition) is 2. The van der Waals surface area contributed by atoms with Crippen LogP contribution in [0.4, 0.5) is 0 Å². The molecule has 1 atom stereocenters. The van der Waals surface area contributed by atoms with E-state index in [-0.39, 0.29) is 6.42 Å². The average Bonchev–Trinajstić information content (AvgIpc) is 2.43. The summed E-state index contributed by atoms with van der Waals surface area (Å²) in [5.74, 6) is -0.432. The normalized spacial score (nSPS) is 12.0. The first-order valence-electron chi connectivity index (χ1n) is 6.67. The van der Waals surface area contributed by atoms with Gasteiger partial charge in [-0.2, -0.15) is 0 Å². The highest BCUT2D eigenvalue weighted by molar-refractivity contribution is 6.31. The van der Waals surface area contributed by atoms with Crippen molar-refractivity contribution in [1.82, 2.24) is 0 Å². The van der Waals surface area contributed by atoms with E-state index in [1.807, 2.05) is 44.2 Å². The largest absolute Gasteiger partial charge is 0.478 e. The zero-order valence-electron chi connectivity index (χ0n) is 12.0. The van der Waals surface area contributed by atoms with E-state index in [0.717, 1.165) is 16.7 Å². The van der Waals surface area contributed by atoms with Crippen LogP contribution in [0.3, 0.4) is 0 Å². The van der Waals surface area contributed by atoms with Gasteiger partial charge in [0.25, 0.3) is 0 Å². The van der Waals surface area contributed by atoms with Crippen molar-refractivity contribution >= 4 is 17.6 Å². The maximum Gasteiger partial charge on any atom is 0.345 e. The van der Waals surface area contributed by atoms with E-state index in [2.05, 4.69) is 0 Å². The Bertz CT molecular complexity index is 652. The molecule has 0 fully saturated rings. The number of benzene rings is 2. The summed E-state index contributed by atoms with van der Waals surface area (Å²) < 4.78 is 5.61. The van der Waals surface area contributed by atoms with Crippen LogP contribution in [0.25, 0.3) is 0 Å². The van der Waals surface area contributed by atoms with Gasteiger partial charge in [0, 0.05) is 11.4 Å². The summed E-state index contributed by atoms with van der Waals surface area (Å²) in [6, 6.07) is 12.8. The second-order valence-corrected chi connectivity index (χ2v) is 5.40. The highest BCUT2D eigenvalue weighted by atomic mass is 35.5. The van der Waals surface area contributed by atoms with Crippen LogP contribution in [0.2, 0.25) is 5.02 Å². The zero-order chi connectivity index (χ0) is 15.4. The lowest BCUT2D eigenvalue weighted by molar-refractivity contribution is -0.145. The van der Waals surface area contributed by atoms with E-state index in [0.29, 0.717) is 10.8 Å². The molecule has 0 unspecified atom stereocenters. The Balaban J connectivity index is 2.20. The van der Waals surface area contributed by atoms with Crippen LogP contribution in [-0.4, -0.2) is 17.2 Å². The van der Waals surface area contributed by atoms with Crippen LogP contribution in [0.5, 0.6) is 5.75 Å². The van der Waals surface area contributed by atoms with E-state index in [1.54, 1.807) is 12.1 Å². The van der Waals surface area contributed by atoms with Gasteiger partial charge in [0.1, 0.15) is 5.75 Å². The molecule has 110 valence electrons. The first-order chi connectivity index (χ1) is 9.97. The number of ether oxygens (including phenoxy) is 1. The predicted octanol–water partition coefficient (Wildman–Crippen LogP) is 4.03. The fraction of sp³-hybridized carbons (Fsp3) is 0.235. The maximum atomic E-state index is 11.4. The van der Waals surface area contributed by atoms with Gasteiger partial charge in [-0.1, -0.05) is 35.9 Å². The quantitative estimate of drug-likeness (QED) is 0.907. The molecule has 3 nitrogen and oxygen atoms in total. The van der Waals surface area contributed by atoms with Crippen LogP contribution in [0.1, 0.15) is 16.7 Å². The molecule has 0 spiro atoms. The van der Waals surface area contributed by atoms with Crippen LogP contribution in [0, 0.1) is 13.8 Å². The lowest BCUT2D eigenvalue weighted by Crippen LogP contribution is -2.29. The second-order valence-electron chi connectivity index (χ2n) is 4.99. The van der Waals surface area contributed by atoms with Crippen molar-refractivity contribution in [1.29, 1.82) is 0 Å². The molecule has 0 amide bonds. The Kier molecular flexibility index (Phi) is 4.86. The molecule has 0 radical (unpaired) electrons. The lowest BCUT2D eigenvalue weighted by atomic mass is 10.0. The van der Waals surface area contributed by atoms with E-state index in [4.69, 9.17) is 16.3 Å². The van der Waals surface area contributed by atoms with Crippen LogP contribution < -0.4 is 4.74 Å². The number of rotatable bonds is 5. The molecular formula is C17H17ClO3. The van der Waals surface area contributed by atoms with Crippen molar-refractivity contribution in [3.63, 3.8) is 0 Å². The van der Waals surface area contributed by atoms with E-state index in [1.165, 1.54) is 0 Å². The fourth-order valence-corrected chi connectivity index (χ4v) is 2.30. The molecule has 2 rings (SSSR count). The van der Waals surface area contributed by atoms with Crippen molar-refractivity contribution in [2.24, 2.45) is 0 Å². The topological polar surface area (TPSA) is 46.5 Å². The van der Waals surface area contributed by atoms with E-state index in [9.17, 15) is 9.90 Å². The van der Waals surface area contributed by atoms with Crippen molar-refractivity contribution < 1.29 is 14.6 Å². The third-order valence-electron chi connectivity index (χ3n) is 3.33. The Labute approximate surface area is 129 Å². The second kappa shape index (κ2) is 6.64. The minimum atomic E-state index is -0.990. The van der Waals surface area contributed by atoms with Gasteiger partial charge in [-0.25, -0.2) is 4.79 Å². The molecule has 0 saturated heterocycles. The molecule has 0 aromatic heterocycles. The highest BCUT2D eigenvalue weighted by Gasteiger charge is 2.21. The Morgan fingerprint density at radius 3 is 2.62 bits per heavy atom. The molecule has 4 heteroatoms. The minimum Gasteiger partial charge on any atom is -0.478 e. The molecule has 21 heavy (non-hydrogen) atoms. The fourth-order valence-electron chi connectivity index (χ4n) is 2.11. The summed E-state index contributed by atoms with van der Waals surface area (Å²) in [6.45, 7) is 3.81.